The third-order valence-electron chi connectivity index (χ3n) is 5.59. The van der Waals surface area contributed by atoms with Gasteiger partial charge in [-0.25, -0.2) is 4.79 Å². The van der Waals surface area contributed by atoms with Gasteiger partial charge >= 0.3 is 18.2 Å². The average molecular weight is 592 g/mol. The van der Waals surface area contributed by atoms with Crippen molar-refractivity contribution in [3.8, 4) is 5.75 Å². The molecule has 1 amide bonds. The zero-order chi connectivity index (χ0) is 29.8. The van der Waals surface area contributed by atoms with Crippen molar-refractivity contribution in [1.29, 1.82) is 0 Å². The van der Waals surface area contributed by atoms with Crippen LogP contribution in [0.4, 0.5) is 18.0 Å². The van der Waals surface area contributed by atoms with Gasteiger partial charge in [0.25, 0.3) is 0 Å². The van der Waals surface area contributed by atoms with Crippen LogP contribution in [0.2, 0.25) is 0 Å². The SMILES string of the molecule is C/C=C(\C(=C/C(C)C(F)(F)F)CN(CC)C(=O)OC/C(C)=C/C(Cl)=C\CCl)c1cc(CC(=O)O)ccc1OC. The Balaban J connectivity index is 3.45. The number of carboxylic acids is 1. The molecule has 1 rings (SSSR count). The normalized spacial score (nSPS) is 14.2. The van der Waals surface area contributed by atoms with E-state index in [1.54, 1.807) is 57.2 Å². The molecule has 0 spiro atoms. The van der Waals surface area contributed by atoms with Gasteiger partial charge in [0.15, 0.2) is 0 Å². The van der Waals surface area contributed by atoms with E-state index < -0.39 is 24.2 Å². The fourth-order valence-corrected chi connectivity index (χ4v) is 4.08. The summed E-state index contributed by atoms with van der Waals surface area (Å²) < 4.78 is 51.6. The topological polar surface area (TPSA) is 76.1 Å². The molecule has 0 heterocycles. The molecule has 0 aliphatic carbocycles. The fourth-order valence-electron chi connectivity index (χ4n) is 3.58. The van der Waals surface area contributed by atoms with Gasteiger partial charge in [-0.15, -0.1) is 11.6 Å². The molecule has 1 unspecified atom stereocenters. The van der Waals surface area contributed by atoms with Crippen molar-refractivity contribution in [2.45, 2.75) is 40.3 Å². The highest BCUT2D eigenvalue weighted by Crippen LogP contribution is 2.36. The first-order valence-electron chi connectivity index (χ1n) is 12.1. The van der Waals surface area contributed by atoms with Gasteiger partial charge in [0, 0.05) is 29.6 Å². The van der Waals surface area contributed by atoms with E-state index >= 15 is 0 Å². The van der Waals surface area contributed by atoms with Gasteiger partial charge in [-0.05, 0) is 61.3 Å². The lowest BCUT2D eigenvalue weighted by Gasteiger charge is -2.25. The quantitative estimate of drug-likeness (QED) is 0.189. The van der Waals surface area contributed by atoms with Crippen LogP contribution in [0.15, 0.2) is 58.7 Å². The number of nitrogens with zero attached hydrogens (tertiary/aromatic N) is 1. The first kappa shape index (κ1) is 34.1. The molecule has 6 nitrogen and oxygen atoms in total. The summed E-state index contributed by atoms with van der Waals surface area (Å²) in [5, 5.41) is 9.60. The molecule has 0 fully saturated rings. The van der Waals surface area contributed by atoms with Crippen molar-refractivity contribution < 1.29 is 37.3 Å². The monoisotopic (exact) mass is 591 g/mol. The summed E-state index contributed by atoms with van der Waals surface area (Å²) in [7, 11) is 1.41. The maximum Gasteiger partial charge on any atom is 0.410 e. The lowest BCUT2D eigenvalue weighted by Crippen LogP contribution is -2.34. The van der Waals surface area contributed by atoms with Crippen LogP contribution in [-0.2, 0) is 16.0 Å². The number of aliphatic carboxylic acids is 1. The second-order valence-corrected chi connectivity index (χ2v) is 9.38. The number of hydrogen-bond donors (Lipinski definition) is 1. The molecule has 0 saturated carbocycles. The maximum absolute atomic E-state index is 13.6. The van der Waals surface area contributed by atoms with Crippen LogP contribution in [0.3, 0.4) is 0 Å². The van der Waals surface area contributed by atoms with E-state index in [9.17, 15) is 27.9 Å². The number of hydrogen-bond acceptors (Lipinski definition) is 4. The average Bonchev–Trinajstić information content (AvgIpc) is 2.85. The Kier molecular flexibility index (Phi) is 14.2. The van der Waals surface area contributed by atoms with Crippen LogP contribution in [0.1, 0.15) is 38.8 Å². The molecule has 1 aromatic rings. The largest absolute Gasteiger partial charge is 0.496 e. The lowest BCUT2D eigenvalue weighted by molar-refractivity contribution is -0.156. The minimum Gasteiger partial charge on any atom is -0.496 e. The van der Waals surface area contributed by atoms with Crippen LogP contribution in [0, 0.1) is 5.92 Å². The van der Waals surface area contributed by atoms with Gasteiger partial charge in [-0.1, -0.05) is 42.8 Å². The zero-order valence-corrected chi connectivity index (χ0v) is 24.1. The van der Waals surface area contributed by atoms with Gasteiger partial charge in [-0.2, -0.15) is 13.2 Å². The third-order valence-corrected chi connectivity index (χ3v) is 6.01. The molecule has 1 aromatic carbocycles. The molecule has 0 radical (unpaired) electrons. The molecule has 0 aliphatic rings. The Morgan fingerprint density at radius 3 is 2.44 bits per heavy atom. The Hall–Kier alpha value is -2.91. The van der Waals surface area contributed by atoms with Crippen LogP contribution in [0.25, 0.3) is 5.57 Å². The fraction of sp³-hybridized carbons (Fsp3) is 0.429. The maximum atomic E-state index is 13.6. The highest BCUT2D eigenvalue weighted by atomic mass is 35.5. The van der Waals surface area contributed by atoms with Crippen LogP contribution < -0.4 is 4.74 Å². The highest BCUT2D eigenvalue weighted by molar-refractivity contribution is 6.32. The van der Waals surface area contributed by atoms with Crippen molar-refractivity contribution in [3.63, 3.8) is 0 Å². The van der Waals surface area contributed by atoms with Crippen LogP contribution >= 0.6 is 23.2 Å². The number of rotatable bonds is 13. The second-order valence-electron chi connectivity index (χ2n) is 8.63. The number of allylic oxidation sites excluding steroid dienone is 5. The zero-order valence-electron chi connectivity index (χ0n) is 22.6. The van der Waals surface area contributed by atoms with Gasteiger partial charge in [0.1, 0.15) is 12.4 Å². The van der Waals surface area contributed by atoms with Crippen molar-refractivity contribution >= 4 is 40.8 Å². The van der Waals surface area contributed by atoms with Gasteiger partial charge < -0.3 is 19.5 Å². The van der Waals surface area contributed by atoms with Crippen molar-refractivity contribution in [1.82, 2.24) is 4.90 Å². The summed E-state index contributed by atoms with van der Waals surface area (Å²) in [6.45, 7) is 5.92. The van der Waals surface area contributed by atoms with E-state index in [1.807, 2.05) is 0 Å². The summed E-state index contributed by atoms with van der Waals surface area (Å²) in [6, 6.07) is 4.70. The number of alkyl halides is 4. The van der Waals surface area contributed by atoms with Crippen LogP contribution in [-0.4, -0.2) is 60.9 Å². The number of carbonyl (C=O) groups excluding carboxylic acids is 1. The molecule has 0 aliphatic heterocycles. The van der Waals surface area contributed by atoms with E-state index in [4.69, 9.17) is 32.7 Å². The lowest BCUT2D eigenvalue weighted by atomic mass is 9.91. The summed E-state index contributed by atoms with van der Waals surface area (Å²) in [4.78, 5) is 25.4. The van der Waals surface area contributed by atoms with E-state index in [0.717, 1.165) is 13.0 Å². The predicted molar refractivity (Wildman–Crippen MR) is 148 cm³/mol. The Morgan fingerprint density at radius 2 is 1.92 bits per heavy atom. The first-order valence-corrected chi connectivity index (χ1v) is 13.0. The number of benzene rings is 1. The molecule has 1 atom stereocenters. The second kappa shape index (κ2) is 16.3. The van der Waals surface area contributed by atoms with Crippen molar-refractivity contribution in [2.75, 3.05) is 32.7 Å². The van der Waals surface area contributed by atoms with Crippen molar-refractivity contribution in [2.24, 2.45) is 5.92 Å². The predicted octanol–water partition coefficient (Wildman–Crippen LogP) is 7.62. The van der Waals surface area contributed by atoms with Crippen molar-refractivity contribution in [3.05, 3.63) is 69.8 Å². The van der Waals surface area contributed by atoms with E-state index in [2.05, 4.69) is 0 Å². The highest BCUT2D eigenvalue weighted by Gasteiger charge is 2.35. The summed E-state index contributed by atoms with van der Waals surface area (Å²) in [5.74, 6) is -2.32. The third kappa shape index (κ3) is 11.4. The number of likely N-dealkylation sites (N-methyl/N-ethyl adjacent to an activating group) is 1. The Bertz CT molecular complexity index is 1130. The molecular weight excluding hydrogens is 558 g/mol. The van der Waals surface area contributed by atoms with Gasteiger partial charge in [0.2, 0.25) is 0 Å². The Labute approximate surface area is 237 Å². The molecule has 1 N–H and O–H groups in total. The summed E-state index contributed by atoms with van der Waals surface area (Å²) in [6.07, 6.45) is 0.299. The molecule has 11 heteroatoms. The number of methoxy groups -OCH3 is 1. The standard InChI is InChI=1S/C28H34Cl2F3NO5/c1-6-23(24-14-20(15-26(35)36)8-9-25(24)38-5)21(13-19(4)28(31,32)33)16-34(7-2)27(37)39-17-18(3)12-22(30)10-11-29/h6,8-10,12-14,19H,7,11,15-17H2,1-5H3,(H,35,36)/b18-12+,21-13-,22-10+,23-6+. The van der Waals surface area contributed by atoms with Gasteiger partial charge in [-0.3, -0.25) is 4.79 Å². The van der Waals surface area contributed by atoms with E-state index in [0.29, 0.717) is 33.1 Å². The molecule has 0 aromatic heterocycles. The number of halogens is 5. The van der Waals surface area contributed by atoms with Crippen LogP contribution in [0.5, 0.6) is 5.75 Å². The molecule has 0 saturated heterocycles. The Morgan fingerprint density at radius 1 is 1.26 bits per heavy atom. The summed E-state index contributed by atoms with van der Waals surface area (Å²) in [5.41, 5.74) is 2.06. The summed E-state index contributed by atoms with van der Waals surface area (Å²) >= 11 is 11.6. The number of carbonyl (C=O) groups is 2. The first-order chi connectivity index (χ1) is 18.3. The minimum atomic E-state index is -4.52. The van der Waals surface area contributed by atoms with E-state index in [-0.39, 0.29) is 37.6 Å². The molecule has 216 valence electrons. The number of carboxylic acid groups (broad SMARTS) is 1. The molecule has 39 heavy (non-hydrogen) atoms. The molecule has 0 bridgehead atoms. The minimum absolute atomic E-state index is 0.0821. The number of ether oxygens (including phenoxy) is 2. The molecular formula is C28H34Cl2F3NO5. The van der Waals surface area contributed by atoms with Gasteiger partial charge in [0.05, 0.1) is 19.4 Å². The smallest absolute Gasteiger partial charge is 0.410 e. The van der Waals surface area contributed by atoms with E-state index in [1.165, 1.54) is 12.0 Å². The number of amides is 1.